The summed E-state index contributed by atoms with van der Waals surface area (Å²) in [6.45, 7) is 3.78. The number of carboxylic acids is 1. The van der Waals surface area contributed by atoms with Crippen LogP contribution in [0.1, 0.15) is 21.5 Å². The van der Waals surface area contributed by atoms with Gasteiger partial charge in [0.05, 0.1) is 21.7 Å². The maximum absolute atomic E-state index is 11.6. The molecule has 0 bridgehead atoms. The fraction of sp³-hybridized carbons (Fsp3) is 0.125. The van der Waals surface area contributed by atoms with E-state index in [1.54, 1.807) is 11.3 Å². The summed E-state index contributed by atoms with van der Waals surface area (Å²) in [5.41, 5.74) is 3.58. The van der Waals surface area contributed by atoms with Crippen molar-refractivity contribution in [2.75, 3.05) is 0 Å². The van der Waals surface area contributed by atoms with E-state index in [0.717, 1.165) is 27.2 Å². The minimum Gasteiger partial charge on any atom is -0.478 e. The number of aromatic carboxylic acids is 1. The molecule has 100 valence electrons. The fourth-order valence-electron chi connectivity index (χ4n) is 2.45. The average Bonchev–Trinajstić information content (AvgIpc) is 2.91. The predicted octanol–water partition coefficient (Wildman–Crippen LogP) is 4.28. The van der Waals surface area contributed by atoms with Crippen molar-refractivity contribution in [3.05, 3.63) is 52.4 Å². The molecule has 3 rings (SSSR count). The van der Waals surface area contributed by atoms with Gasteiger partial charge in [-0.25, -0.2) is 9.78 Å². The van der Waals surface area contributed by atoms with E-state index >= 15 is 0 Å². The second-order valence-electron chi connectivity index (χ2n) is 4.71. The number of para-hydroxylation sites is 1. The predicted molar refractivity (Wildman–Crippen MR) is 81.5 cm³/mol. The zero-order chi connectivity index (χ0) is 14.3. The Morgan fingerprint density at radius 2 is 2.00 bits per heavy atom. The number of fused-ring (bicyclic) bond motifs is 1. The summed E-state index contributed by atoms with van der Waals surface area (Å²) in [6, 6.07) is 9.56. The standard InChI is InChI=1S/C16H13NO2S/c1-9-5-3-6-11-13(16(18)19)10(2)15(17-14(9)11)12-7-4-8-20-12/h3-8H,1-2H3,(H,18,19). The van der Waals surface area contributed by atoms with E-state index in [1.165, 1.54) is 0 Å². The van der Waals surface area contributed by atoms with E-state index in [1.807, 2.05) is 49.6 Å². The molecule has 4 heteroatoms. The first-order chi connectivity index (χ1) is 9.59. The first kappa shape index (κ1) is 12.8. The molecule has 0 atom stereocenters. The van der Waals surface area contributed by atoms with E-state index in [4.69, 9.17) is 4.98 Å². The van der Waals surface area contributed by atoms with Crippen LogP contribution in [0.4, 0.5) is 0 Å². The third-order valence-electron chi connectivity index (χ3n) is 3.43. The minimum atomic E-state index is -0.904. The van der Waals surface area contributed by atoms with Gasteiger partial charge in [0.2, 0.25) is 0 Å². The van der Waals surface area contributed by atoms with Crippen LogP contribution in [0.15, 0.2) is 35.7 Å². The number of aromatic nitrogens is 1. The van der Waals surface area contributed by atoms with Gasteiger partial charge in [0.25, 0.3) is 0 Å². The number of carboxylic acid groups (broad SMARTS) is 1. The molecule has 3 nitrogen and oxygen atoms in total. The number of rotatable bonds is 2. The van der Waals surface area contributed by atoms with Crippen LogP contribution in [0.2, 0.25) is 0 Å². The molecule has 0 saturated heterocycles. The summed E-state index contributed by atoms with van der Waals surface area (Å²) in [6.07, 6.45) is 0. The van der Waals surface area contributed by atoms with E-state index < -0.39 is 5.97 Å². The molecule has 0 amide bonds. The fourth-order valence-corrected chi connectivity index (χ4v) is 3.23. The highest BCUT2D eigenvalue weighted by Crippen LogP contribution is 2.32. The summed E-state index contributed by atoms with van der Waals surface area (Å²) in [5, 5.41) is 12.2. The number of nitrogens with zero attached hydrogens (tertiary/aromatic N) is 1. The molecule has 0 saturated carbocycles. The first-order valence-corrected chi connectivity index (χ1v) is 7.14. The number of aryl methyl sites for hydroxylation is 1. The lowest BCUT2D eigenvalue weighted by atomic mass is 9.99. The number of pyridine rings is 1. The third kappa shape index (κ3) is 1.89. The van der Waals surface area contributed by atoms with Gasteiger partial charge in [-0.15, -0.1) is 11.3 Å². The van der Waals surface area contributed by atoms with Crippen molar-refractivity contribution < 1.29 is 9.90 Å². The van der Waals surface area contributed by atoms with Crippen molar-refractivity contribution in [2.45, 2.75) is 13.8 Å². The van der Waals surface area contributed by atoms with Crippen molar-refractivity contribution in [3.8, 4) is 10.6 Å². The molecular weight excluding hydrogens is 270 g/mol. The molecule has 1 N–H and O–H groups in total. The Bertz CT molecular complexity index is 807. The summed E-state index contributed by atoms with van der Waals surface area (Å²) in [5.74, 6) is -0.904. The lowest BCUT2D eigenvalue weighted by Crippen LogP contribution is -2.05. The summed E-state index contributed by atoms with van der Waals surface area (Å²) in [7, 11) is 0. The summed E-state index contributed by atoms with van der Waals surface area (Å²) < 4.78 is 0. The van der Waals surface area contributed by atoms with Crippen molar-refractivity contribution in [1.29, 1.82) is 0 Å². The van der Waals surface area contributed by atoms with Gasteiger partial charge in [-0.2, -0.15) is 0 Å². The molecule has 0 aliphatic carbocycles. The Morgan fingerprint density at radius 3 is 2.65 bits per heavy atom. The van der Waals surface area contributed by atoms with E-state index in [9.17, 15) is 9.90 Å². The second-order valence-corrected chi connectivity index (χ2v) is 5.66. The van der Waals surface area contributed by atoms with Gasteiger partial charge in [0.15, 0.2) is 0 Å². The monoisotopic (exact) mass is 283 g/mol. The number of carbonyl (C=O) groups is 1. The highest BCUT2D eigenvalue weighted by Gasteiger charge is 2.19. The van der Waals surface area contributed by atoms with Crippen LogP contribution in [-0.2, 0) is 0 Å². The average molecular weight is 283 g/mol. The van der Waals surface area contributed by atoms with Crippen LogP contribution in [0, 0.1) is 13.8 Å². The molecule has 2 heterocycles. The molecule has 20 heavy (non-hydrogen) atoms. The lowest BCUT2D eigenvalue weighted by Gasteiger charge is -2.12. The number of benzene rings is 1. The normalized spacial score (nSPS) is 10.9. The maximum atomic E-state index is 11.6. The Hall–Kier alpha value is -2.20. The van der Waals surface area contributed by atoms with E-state index in [2.05, 4.69) is 0 Å². The number of thiophene rings is 1. The highest BCUT2D eigenvalue weighted by atomic mass is 32.1. The van der Waals surface area contributed by atoms with Crippen LogP contribution in [-0.4, -0.2) is 16.1 Å². The minimum absolute atomic E-state index is 0.349. The number of hydrogen-bond acceptors (Lipinski definition) is 3. The highest BCUT2D eigenvalue weighted by molar-refractivity contribution is 7.13. The van der Waals surface area contributed by atoms with Crippen molar-refractivity contribution in [3.63, 3.8) is 0 Å². The Balaban J connectivity index is 2.47. The topological polar surface area (TPSA) is 50.2 Å². The van der Waals surface area contributed by atoms with Gasteiger partial charge in [0, 0.05) is 5.39 Å². The van der Waals surface area contributed by atoms with Gasteiger partial charge in [0.1, 0.15) is 0 Å². The van der Waals surface area contributed by atoms with Crippen LogP contribution in [0.5, 0.6) is 0 Å². The molecule has 1 aromatic carbocycles. The molecule has 3 aromatic rings. The smallest absolute Gasteiger partial charge is 0.336 e. The van der Waals surface area contributed by atoms with Crippen molar-refractivity contribution >= 4 is 28.2 Å². The van der Waals surface area contributed by atoms with Gasteiger partial charge in [-0.1, -0.05) is 24.3 Å². The Kier molecular flexibility index (Phi) is 3.03. The lowest BCUT2D eigenvalue weighted by molar-refractivity contribution is 0.0698. The quantitative estimate of drug-likeness (QED) is 0.763. The van der Waals surface area contributed by atoms with Gasteiger partial charge < -0.3 is 5.11 Å². The van der Waals surface area contributed by atoms with Gasteiger partial charge in [-0.05, 0) is 36.4 Å². The second kappa shape index (κ2) is 4.72. The van der Waals surface area contributed by atoms with Crippen molar-refractivity contribution in [1.82, 2.24) is 4.98 Å². The largest absolute Gasteiger partial charge is 0.478 e. The molecule has 2 aromatic heterocycles. The van der Waals surface area contributed by atoms with E-state index in [0.29, 0.717) is 10.9 Å². The van der Waals surface area contributed by atoms with Crippen LogP contribution >= 0.6 is 11.3 Å². The summed E-state index contributed by atoms with van der Waals surface area (Å²) in [4.78, 5) is 17.3. The Morgan fingerprint density at radius 1 is 1.20 bits per heavy atom. The zero-order valence-corrected chi connectivity index (χ0v) is 12.0. The van der Waals surface area contributed by atoms with Crippen LogP contribution in [0.3, 0.4) is 0 Å². The van der Waals surface area contributed by atoms with Gasteiger partial charge in [-0.3, -0.25) is 0 Å². The molecule has 0 fully saturated rings. The van der Waals surface area contributed by atoms with Gasteiger partial charge >= 0.3 is 5.97 Å². The molecule has 0 radical (unpaired) electrons. The van der Waals surface area contributed by atoms with Crippen LogP contribution in [0.25, 0.3) is 21.5 Å². The summed E-state index contributed by atoms with van der Waals surface area (Å²) >= 11 is 1.57. The van der Waals surface area contributed by atoms with Crippen LogP contribution < -0.4 is 0 Å². The molecule has 0 aliphatic heterocycles. The van der Waals surface area contributed by atoms with Crippen molar-refractivity contribution in [2.24, 2.45) is 0 Å². The van der Waals surface area contributed by atoms with E-state index in [-0.39, 0.29) is 0 Å². The zero-order valence-electron chi connectivity index (χ0n) is 11.2. The SMILES string of the molecule is Cc1c(-c2cccs2)nc2c(C)cccc2c1C(=O)O. The first-order valence-electron chi connectivity index (χ1n) is 6.26. The maximum Gasteiger partial charge on any atom is 0.336 e. The molecule has 0 spiro atoms. The molecule has 0 unspecified atom stereocenters. The Labute approximate surface area is 120 Å². The number of hydrogen-bond donors (Lipinski definition) is 1. The third-order valence-corrected chi connectivity index (χ3v) is 4.31. The molecule has 0 aliphatic rings. The molecular formula is C16H13NO2S.